The highest BCUT2D eigenvalue weighted by molar-refractivity contribution is 5.85. The summed E-state index contributed by atoms with van der Waals surface area (Å²) in [6.45, 7) is 9.16. The molecule has 1 rings (SSSR count). The van der Waals surface area contributed by atoms with Gasteiger partial charge < -0.3 is 20.7 Å². The Bertz CT molecular complexity index is 372. The highest BCUT2D eigenvalue weighted by Crippen LogP contribution is 2.28. The summed E-state index contributed by atoms with van der Waals surface area (Å²) in [4.78, 5) is 23.6. The monoisotopic (exact) mass is 349 g/mol. The van der Waals surface area contributed by atoms with Gasteiger partial charge in [0.15, 0.2) is 0 Å². The fourth-order valence-electron chi connectivity index (χ4n) is 2.71. The molecule has 0 aromatic carbocycles. The summed E-state index contributed by atoms with van der Waals surface area (Å²) in [5.41, 5.74) is -0.0662. The van der Waals surface area contributed by atoms with E-state index in [4.69, 9.17) is 4.74 Å². The minimum absolute atomic E-state index is 0. The zero-order valence-corrected chi connectivity index (χ0v) is 15.6. The number of nitrogens with one attached hydrogen (secondary N) is 3. The van der Waals surface area contributed by atoms with Crippen LogP contribution in [0, 0.1) is 10.8 Å². The predicted molar refractivity (Wildman–Crippen MR) is 93.8 cm³/mol. The van der Waals surface area contributed by atoms with E-state index in [1.165, 1.54) is 0 Å². The Labute approximate surface area is 145 Å². The molecule has 6 nitrogen and oxygen atoms in total. The summed E-state index contributed by atoms with van der Waals surface area (Å²) >= 11 is 0. The van der Waals surface area contributed by atoms with Crippen LogP contribution >= 0.6 is 12.4 Å². The van der Waals surface area contributed by atoms with Gasteiger partial charge in [-0.1, -0.05) is 20.8 Å². The molecule has 0 aliphatic carbocycles. The molecule has 0 radical (unpaired) electrons. The zero-order chi connectivity index (χ0) is 16.6. The van der Waals surface area contributed by atoms with Crippen molar-refractivity contribution in [1.29, 1.82) is 0 Å². The Hall–Kier alpha value is -0.850. The van der Waals surface area contributed by atoms with E-state index in [0.29, 0.717) is 19.6 Å². The molecule has 136 valence electrons. The molecule has 0 bridgehead atoms. The van der Waals surface area contributed by atoms with Gasteiger partial charge in [0.2, 0.25) is 11.8 Å². The Kier molecular flexibility index (Phi) is 9.73. The molecule has 0 saturated carbocycles. The number of hydrogen-bond acceptors (Lipinski definition) is 4. The first-order chi connectivity index (χ1) is 10.3. The molecule has 3 N–H and O–H groups in total. The van der Waals surface area contributed by atoms with E-state index in [-0.39, 0.29) is 41.6 Å². The summed E-state index contributed by atoms with van der Waals surface area (Å²) in [6.07, 6.45) is 2.38. The van der Waals surface area contributed by atoms with E-state index in [2.05, 4.69) is 16.0 Å². The second kappa shape index (κ2) is 10.1. The maximum absolute atomic E-state index is 11.9. The van der Waals surface area contributed by atoms with Gasteiger partial charge in [0.25, 0.3) is 0 Å². The van der Waals surface area contributed by atoms with Gasteiger partial charge in [0, 0.05) is 25.5 Å². The summed E-state index contributed by atoms with van der Waals surface area (Å²) in [5.74, 6) is -0.229. The molecule has 23 heavy (non-hydrogen) atoms. The van der Waals surface area contributed by atoms with Gasteiger partial charge in [-0.2, -0.15) is 0 Å². The Morgan fingerprint density at radius 1 is 1.13 bits per heavy atom. The smallest absolute Gasteiger partial charge is 0.239 e. The maximum atomic E-state index is 11.9. The molecule has 0 aromatic rings. The van der Waals surface area contributed by atoms with Crippen molar-refractivity contribution in [2.75, 3.05) is 39.9 Å². The van der Waals surface area contributed by atoms with Crippen molar-refractivity contribution >= 4 is 24.2 Å². The number of hydrogen-bond donors (Lipinski definition) is 3. The lowest BCUT2D eigenvalue weighted by atomic mass is 9.79. The summed E-state index contributed by atoms with van der Waals surface area (Å²) < 4.78 is 5.32. The van der Waals surface area contributed by atoms with Crippen LogP contribution in [0.5, 0.6) is 0 Å². The number of carbonyl (C=O) groups excluding carboxylic acids is 2. The van der Waals surface area contributed by atoms with Crippen LogP contribution in [0.2, 0.25) is 0 Å². The SMILES string of the molecule is COCC1(CNC(=O)CNC(=O)CC(C)(C)C)CCNCC1.Cl. The molecular weight excluding hydrogens is 318 g/mol. The van der Waals surface area contributed by atoms with E-state index in [0.717, 1.165) is 25.9 Å². The number of carbonyl (C=O) groups is 2. The number of rotatable bonds is 7. The van der Waals surface area contributed by atoms with Crippen molar-refractivity contribution in [3.05, 3.63) is 0 Å². The quantitative estimate of drug-likeness (QED) is 0.643. The van der Waals surface area contributed by atoms with Gasteiger partial charge >= 0.3 is 0 Å². The fraction of sp³-hybridized carbons (Fsp3) is 0.875. The predicted octanol–water partition coefficient (Wildman–Crippen LogP) is 1.09. The minimum atomic E-state index is -0.142. The Balaban J connectivity index is 0.00000484. The van der Waals surface area contributed by atoms with E-state index >= 15 is 0 Å². The first kappa shape index (κ1) is 22.1. The van der Waals surface area contributed by atoms with Crippen LogP contribution in [0.3, 0.4) is 0 Å². The van der Waals surface area contributed by atoms with Gasteiger partial charge in [-0.25, -0.2) is 0 Å². The highest BCUT2D eigenvalue weighted by atomic mass is 35.5. The van der Waals surface area contributed by atoms with Gasteiger partial charge in [0.05, 0.1) is 13.2 Å². The second-order valence-electron chi connectivity index (χ2n) is 7.47. The van der Waals surface area contributed by atoms with Crippen molar-refractivity contribution in [2.24, 2.45) is 10.8 Å². The molecule has 1 aliphatic rings. The molecule has 2 amide bonds. The van der Waals surface area contributed by atoms with Crippen LogP contribution in [0.15, 0.2) is 0 Å². The fourth-order valence-corrected chi connectivity index (χ4v) is 2.71. The van der Waals surface area contributed by atoms with Crippen LogP contribution in [-0.2, 0) is 14.3 Å². The molecule has 1 aliphatic heterocycles. The molecule has 0 spiro atoms. The molecule has 1 heterocycles. The van der Waals surface area contributed by atoms with Crippen molar-refractivity contribution in [3.63, 3.8) is 0 Å². The van der Waals surface area contributed by atoms with Crippen LogP contribution in [0.4, 0.5) is 0 Å². The van der Waals surface area contributed by atoms with Crippen LogP contribution in [0.1, 0.15) is 40.0 Å². The normalized spacial score (nSPS) is 17.0. The molecule has 0 aromatic heterocycles. The third kappa shape index (κ3) is 9.13. The third-order valence-corrected chi connectivity index (χ3v) is 3.91. The average Bonchev–Trinajstić information content (AvgIpc) is 2.42. The standard InChI is InChI=1S/C16H31N3O3.ClH/c1-15(2,3)9-13(20)18-10-14(21)19-11-16(12-22-4)5-7-17-8-6-16;/h17H,5-12H2,1-4H3,(H,18,20)(H,19,21);1H. The lowest BCUT2D eigenvalue weighted by Crippen LogP contribution is -2.48. The Morgan fingerprint density at radius 2 is 1.74 bits per heavy atom. The van der Waals surface area contributed by atoms with Crippen molar-refractivity contribution in [3.8, 4) is 0 Å². The van der Waals surface area contributed by atoms with Crippen molar-refractivity contribution in [2.45, 2.75) is 40.0 Å². The maximum Gasteiger partial charge on any atom is 0.239 e. The van der Waals surface area contributed by atoms with Gasteiger partial charge in [-0.05, 0) is 31.3 Å². The molecule has 1 saturated heterocycles. The number of ether oxygens (including phenoxy) is 1. The van der Waals surface area contributed by atoms with E-state index in [9.17, 15) is 9.59 Å². The molecule has 7 heteroatoms. The number of methoxy groups -OCH3 is 1. The van der Waals surface area contributed by atoms with Crippen molar-refractivity contribution < 1.29 is 14.3 Å². The lowest BCUT2D eigenvalue weighted by Gasteiger charge is -2.37. The van der Waals surface area contributed by atoms with Gasteiger partial charge in [-0.15, -0.1) is 12.4 Å². The topological polar surface area (TPSA) is 79.5 Å². The van der Waals surface area contributed by atoms with Crippen LogP contribution < -0.4 is 16.0 Å². The molecular formula is C16H32ClN3O3. The Morgan fingerprint density at radius 3 is 2.26 bits per heavy atom. The van der Waals surface area contributed by atoms with Gasteiger partial charge in [-0.3, -0.25) is 9.59 Å². The molecule has 0 atom stereocenters. The average molecular weight is 350 g/mol. The first-order valence-corrected chi connectivity index (χ1v) is 7.99. The summed E-state index contributed by atoms with van der Waals surface area (Å²) in [7, 11) is 1.69. The summed E-state index contributed by atoms with van der Waals surface area (Å²) in [5, 5.41) is 8.93. The highest BCUT2D eigenvalue weighted by Gasteiger charge is 2.32. The second-order valence-corrected chi connectivity index (χ2v) is 7.47. The third-order valence-electron chi connectivity index (χ3n) is 3.91. The van der Waals surface area contributed by atoms with E-state index in [1.807, 2.05) is 20.8 Å². The van der Waals surface area contributed by atoms with Crippen molar-refractivity contribution in [1.82, 2.24) is 16.0 Å². The first-order valence-electron chi connectivity index (χ1n) is 7.99. The summed E-state index contributed by atoms with van der Waals surface area (Å²) in [6, 6.07) is 0. The zero-order valence-electron chi connectivity index (χ0n) is 14.8. The largest absolute Gasteiger partial charge is 0.384 e. The number of piperidine rings is 1. The van der Waals surface area contributed by atoms with E-state index < -0.39 is 0 Å². The number of amides is 2. The van der Waals surface area contributed by atoms with Crippen LogP contribution in [0.25, 0.3) is 0 Å². The number of halogens is 1. The minimum Gasteiger partial charge on any atom is -0.384 e. The van der Waals surface area contributed by atoms with E-state index in [1.54, 1.807) is 7.11 Å². The molecule has 1 fully saturated rings. The van der Waals surface area contributed by atoms with Gasteiger partial charge in [0.1, 0.15) is 0 Å². The lowest BCUT2D eigenvalue weighted by molar-refractivity contribution is -0.127. The van der Waals surface area contributed by atoms with Crippen LogP contribution in [-0.4, -0.2) is 51.7 Å². The molecule has 0 unspecified atom stereocenters.